The minimum atomic E-state index is -3.90. The molecular weight excluding hydrogens is 287 g/mol. The van der Waals surface area contributed by atoms with Gasteiger partial charge in [-0.1, -0.05) is 0 Å². The first-order chi connectivity index (χ1) is 9.06. The van der Waals surface area contributed by atoms with Gasteiger partial charge in [0.2, 0.25) is 0 Å². The molecule has 0 aliphatic carbocycles. The first kappa shape index (κ1) is 19.3. The summed E-state index contributed by atoms with van der Waals surface area (Å²) in [4.78, 5) is 17.2. The molecule has 7 nitrogen and oxygen atoms in total. The quantitative estimate of drug-likeness (QED) is 0.184. The van der Waals surface area contributed by atoms with E-state index in [1.54, 1.807) is 0 Å². The molecule has 0 atom stereocenters. The molecule has 0 fully saturated rings. The van der Waals surface area contributed by atoms with Gasteiger partial charge in [-0.3, -0.25) is 0 Å². The molecule has 0 radical (unpaired) electrons. The van der Waals surface area contributed by atoms with Gasteiger partial charge in [-0.25, -0.2) is 4.57 Å². The van der Waals surface area contributed by atoms with E-state index in [9.17, 15) is 4.57 Å². The van der Waals surface area contributed by atoms with Crippen molar-refractivity contribution in [2.24, 2.45) is 5.73 Å². The Labute approximate surface area is 119 Å². The summed E-state index contributed by atoms with van der Waals surface area (Å²) in [5, 5.41) is 9.74. The smallest absolute Gasteiger partial charge is 0.330 e. The van der Waals surface area contributed by atoms with Crippen LogP contribution in [0.5, 0.6) is 0 Å². The lowest BCUT2D eigenvalue weighted by atomic mass is 10.4. The number of hydrogen-bond acceptors (Lipinski definition) is 6. The van der Waals surface area contributed by atoms with Crippen LogP contribution < -0.4 is 21.7 Å². The van der Waals surface area contributed by atoms with Crippen molar-refractivity contribution in [1.82, 2.24) is 16.0 Å². The maximum absolute atomic E-state index is 10.5. The average molecular weight is 314 g/mol. The zero-order valence-electron chi connectivity index (χ0n) is 11.3. The van der Waals surface area contributed by atoms with Crippen LogP contribution in [0.2, 0.25) is 0 Å². The molecule has 0 spiro atoms. The molecule has 0 aromatic carbocycles. The summed E-state index contributed by atoms with van der Waals surface area (Å²) in [5.41, 5.74) is 5.38. The van der Waals surface area contributed by atoms with E-state index in [0.717, 1.165) is 52.1 Å². The lowest BCUT2D eigenvalue weighted by molar-refractivity contribution is 0.397. The Hall–Kier alpha value is 0.340. The third-order valence-electron chi connectivity index (χ3n) is 2.28. The van der Waals surface area contributed by atoms with Crippen molar-refractivity contribution in [3.05, 3.63) is 0 Å². The molecule has 0 bridgehead atoms. The molecule has 0 aromatic rings. The van der Waals surface area contributed by atoms with Crippen LogP contribution >= 0.6 is 18.2 Å². The number of nitrogens with one attached hydrogen (secondary N) is 3. The Morgan fingerprint density at radius 2 is 1.42 bits per heavy atom. The Bertz CT molecular complexity index is 243. The summed E-state index contributed by atoms with van der Waals surface area (Å²) in [6.45, 7) is 2.11. The third-order valence-corrected chi connectivity index (χ3v) is 4.56. The minimum absolute atomic E-state index is 0.433. The number of hydrogen-bond donors (Lipinski definition) is 6. The van der Waals surface area contributed by atoms with Crippen LogP contribution in [0, 0.1) is 0 Å². The summed E-state index contributed by atoms with van der Waals surface area (Å²) in [6.07, 6.45) is 2.01. The fraction of sp³-hybridized carbons (Fsp3) is 1.00. The molecule has 0 aromatic heterocycles. The number of nitrogens with two attached hydrogens (primary N) is 1. The van der Waals surface area contributed by atoms with Crippen LogP contribution in [-0.2, 0) is 4.57 Å². The summed E-state index contributed by atoms with van der Waals surface area (Å²) in [5.74, 6) is 0.433. The fourth-order valence-electron chi connectivity index (χ4n) is 1.35. The van der Waals surface area contributed by atoms with Gasteiger partial charge in [0, 0.05) is 25.4 Å². The average Bonchev–Trinajstić information content (AvgIpc) is 2.34. The highest BCUT2D eigenvalue weighted by Crippen LogP contribution is 2.49. The van der Waals surface area contributed by atoms with Crippen LogP contribution in [0.1, 0.15) is 12.8 Å². The van der Waals surface area contributed by atoms with Crippen LogP contribution in [0.4, 0.5) is 0 Å². The van der Waals surface area contributed by atoms with E-state index in [1.807, 2.05) is 0 Å². The van der Waals surface area contributed by atoms with Gasteiger partial charge >= 0.3 is 6.80 Å². The van der Waals surface area contributed by atoms with Crippen molar-refractivity contribution in [1.29, 1.82) is 0 Å². The molecule has 19 heavy (non-hydrogen) atoms. The molecule has 0 amide bonds. The van der Waals surface area contributed by atoms with Gasteiger partial charge in [-0.05, 0) is 50.4 Å². The van der Waals surface area contributed by atoms with Gasteiger partial charge in [0.05, 0.1) is 0 Å². The van der Waals surface area contributed by atoms with Crippen molar-refractivity contribution < 1.29 is 14.4 Å². The van der Waals surface area contributed by atoms with E-state index in [2.05, 4.69) is 16.0 Å². The second kappa shape index (κ2) is 13.3. The standard InChI is InChI=1S/C10H27N4O3PS/c11-3-1-4-12-7-8-13-5-2-6-14-9-10-19-18(15,16)17/h12-14H,1-11H2,(H2,15,16,17). The maximum atomic E-state index is 10.5. The second-order valence-electron chi connectivity index (χ2n) is 4.07. The monoisotopic (exact) mass is 314 g/mol. The van der Waals surface area contributed by atoms with E-state index < -0.39 is 6.80 Å². The molecule has 0 aliphatic heterocycles. The minimum Gasteiger partial charge on any atom is -0.330 e. The van der Waals surface area contributed by atoms with Crippen LogP contribution in [0.25, 0.3) is 0 Å². The lowest BCUT2D eigenvalue weighted by Crippen LogP contribution is -2.30. The Morgan fingerprint density at radius 3 is 1.95 bits per heavy atom. The lowest BCUT2D eigenvalue weighted by Gasteiger charge is -2.07. The van der Waals surface area contributed by atoms with Gasteiger partial charge in [0.1, 0.15) is 0 Å². The van der Waals surface area contributed by atoms with E-state index >= 15 is 0 Å². The molecule has 0 rings (SSSR count). The third kappa shape index (κ3) is 18.3. The normalized spacial score (nSPS) is 11.9. The highest BCUT2D eigenvalue weighted by molar-refractivity contribution is 8.54. The summed E-state index contributed by atoms with van der Waals surface area (Å²) >= 11 is 0.686. The van der Waals surface area contributed by atoms with Gasteiger partial charge in [0.25, 0.3) is 0 Å². The Kier molecular flexibility index (Phi) is 13.6. The summed E-state index contributed by atoms with van der Waals surface area (Å²) in [6, 6.07) is 0. The topological polar surface area (TPSA) is 120 Å². The second-order valence-corrected chi connectivity index (χ2v) is 7.92. The van der Waals surface area contributed by atoms with Crippen molar-refractivity contribution in [3.63, 3.8) is 0 Å². The molecule has 9 heteroatoms. The SMILES string of the molecule is NCCCNCCNCCCNCCSP(=O)(O)O. The van der Waals surface area contributed by atoms with Gasteiger partial charge < -0.3 is 31.5 Å². The first-order valence-electron chi connectivity index (χ1n) is 6.58. The molecule has 116 valence electrons. The van der Waals surface area contributed by atoms with Gasteiger partial charge in [0.15, 0.2) is 0 Å². The highest BCUT2D eigenvalue weighted by atomic mass is 32.7. The Morgan fingerprint density at radius 1 is 0.895 bits per heavy atom. The zero-order chi connectivity index (χ0) is 14.4. The largest absolute Gasteiger partial charge is 0.384 e. The fourth-order valence-corrected chi connectivity index (χ4v) is 2.81. The molecule has 7 N–H and O–H groups in total. The van der Waals surface area contributed by atoms with E-state index in [-0.39, 0.29) is 0 Å². The van der Waals surface area contributed by atoms with Gasteiger partial charge in [-0.15, -0.1) is 0 Å². The van der Waals surface area contributed by atoms with Gasteiger partial charge in [-0.2, -0.15) is 0 Å². The number of rotatable bonds is 14. The van der Waals surface area contributed by atoms with E-state index in [0.29, 0.717) is 23.7 Å². The maximum Gasteiger partial charge on any atom is 0.384 e. The van der Waals surface area contributed by atoms with Crippen molar-refractivity contribution in [2.45, 2.75) is 12.8 Å². The molecular formula is C10H27N4O3PS. The molecule has 0 heterocycles. The van der Waals surface area contributed by atoms with E-state index in [4.69, 9.17) is 15.5 Å². The molecule has 0 saturated carbocycles. The van der Waals surface area contributed by atoms with Crippen molar-refractivity contribution in [2.75, 3.05) is 51.6 Å². The van der Waals surface area contributed by atoms with Crippen molar-refractivity contribution in [3.8, 4) is 0 Å². The first-order valence-corrected chi connectivity index (χ1v) is 9.79. The van der Waals surface area contributed by atoms with Crippen LogP contribution in [0.15, 0.2) is 0 Å². The molecule has 0 saturated heterocycles. The summed E-state index contributed by atoms with van der Waals surface area (Å²) < 4.78 is 10.5. The van der Waals surface area contributed by atoms with Crippen LogP contribution in [-0.4, -0.2) is 61.4 Å². The summed E-state index contributed by atoms with van der Waals surface area (Å²) in [7, 11) is 0. The van der Waals surface area contributed by atoms with E-state index in [1.165, 1.54) is 0 Å². The highest BCUT2D eigenvalue weighted by Gasteiger charge is 2.11. The van der Waals surface area contributed by atoms with Crippen LogP contribution in [0.3, 0.4) is 0 Å². The van der Waals surface area contributed by atoms with Crippen molar-refractivity contribution >= 4 is 18.2 Å². The zero-order valence-corrected chi connectivity index (χ0v) is 13.0. The predicted molar refractivity (Wildman–Crippen MR) is 81.4 cm³/mol. The molecule has 0 unspecified atom stereocenters. The predicted octanol–water partition coefficient (Wildman–Crippen LogP) is -0.680. The molecule has 0 aliphatic rings. The Balaban J connectivity index is 3.01.